The van der Waals surface area contributed by atoms with Crippen molar-refractivity contribution in [3.8, 4) is 0 Å². The van der Waals surface area contributed by atoms with E-state index >= 15 is 0 Å². The van der Waals surface area contributed by atoms with Crippen LogP contribution in [0.4, 0.5) is 0 Å². The maximum Gasteiger partial charge on any atom is 0.253 e. The molecule has 0 saturated carbocycles. The summed E-state index contributed by atoms with van der Waals surface area (Å²) in [5.41, 5.74) is 0.460. The molecular weight excluding hydrogens is 324 g/mol. The summed E-state index contributed by atoms with van der Waals surface area (Å²) in [6, 6.07) is 6.30. The van der Waals surface area contributed by atoms with Crippen LogP contribution in [0.25, 0.3) is 0 Å². The lowest BCUT2D eigenvalue weighted by Crippen LogP contribution is -2.52. The minimum Gasteiger partial charge on any atom is -0.340 e. The third-order valence-corrected chi connectivity index (χ3v) is 3.35. The second kappa shape index (κ2) is 7.79. The van der Waals surface area contributed by atoms with Crippen molar-refractivity contribution in [3.63, 3.8) is 0 Å². The Labute approximate surface area is 126 Å². The second-order valence-corrected chi connectivity index (χ2v) is 4.81. The summed E-state index contributed by atoms with van der Waals surface area (Å²) >= 11 is 3.27. The van der Waals surface area contributed by atoms with Crippen LogP contribution in [-0.4, -0.2) is 23.8 Å². The molecule has 2 N–H and O–H groups in total. The van der Waals surface area contributed by atoms with E-state index in [2.05, 4.69) is 26.6 Å². The monoisotopic (exact) mass is 340 g/mol. The van der Waals surface area contributed by atoms with Crippen molar-refractivity contribution in [1.29, 1.82) is 0 Å². The lowest BCUT2D eigenvalue weighted by atomic mass is 10.1. The molecule has 3 amide bonds. The van der Waals surface area contributed by atoms with Gasteiger partial charge in [0.2, 0.25) is 11.8 Å². The van der Waals surface area contributed by atoms with E-state index in [-0.39, 0.29) is 18.2 Å². The van der Waals surface area contributed by atoms with E-state index in [1.54, 1.807) is 24.3 Å². The van der Waals surface area contributed by atoms with E-state index in [0.717, 1.165) is 0 Å². The van der Waals surface area contributed by atoms with Gasteiger partial charge in [-0.25, -0.2) is 0 Å². The molecule has 0 radical (unpaired) electrons. The third kappa shape index (κ3) is 4.16. The van der Waals surface area contributed by atoms with Gasteiger partial charge < -0.3 is 5.32 Å². The molecule has 6 heteroatoms. The highest BCUT2D eigenvalue weighted by Gasteiger charge is 2.28. The van der Waals surface area contributed by atoms with Crippen LogP contribution in [0.5, 0.6) is 0 Å². The van der Waals surface area contributed by atoms with Crippen molar-refractivity contribution >= 4 is 33.7 Å². The van der Waals surface area contributed by atoms with Gasteiger partial charge >= 0.3 is 0 Å². The molecule has 1 atom stereocenters. The van der Waals surface area contributed by atoms with Gasteiger partial charge in [0.15, 0.2) is 0 Å². The average Bonchev–Trinajstić information content (AvgIpc) is 2.44. The molecule has 0 aliphatic carbocycles. The van der Waals surface area contributed by atoms with E-state index in [1.165, 1.54) is 0 Å². The Kier molecular flexibility index (Phi) is 6.38. The zero-order valence-corrected chi connectivity index (χ0v) is 13.0. The van der Waals surface area contributed by atoms with Gasteiger partial charge in [0, 0.05) is 10.9 Å². The molecule has 1 aromatic carbocycles. The Morgan fingerprint density at radius 3 is 2.55 bits per heavy atom. The van der Waals surface area contributed by atoms with Crippen molar-refractivity contribution in [2.45, 2.75) is 32.7 Å². The maximum atomic E-state index is 12.0. The summed E-state index contributed by atoms with van der Waals surface area (Å²) in [5, 5.41) is 4.81. The van der Waals surface area contributed by atoms with E-state index in [4.69, 9.17) is 0 Å². The summed E-state index contributed by atoms with van der Waals surface area (Å²) in [7, 11) is 0. The summed E-state index contributed by atoms with van der Waals surface area (Å²) in [5.74, 6) is -1.09. The molecule has 5 nitrogen and oxygen atoms in total. The molecule has 1 saturated heterocycles. The molecule has 1 unspecified atom stereocenters. The Hall–Kier alpha value is -1.69. The number of hydrogen-bond acceptors (Lipinski definition) is 3. The number of rotatable bonds is 2. The van der Waals surface area contributed by atoms with Gasteiger partial charge in [0.1, 0.15) is 6.04 Å². The Morgan fingerprint density at radius 1 is 1.30 bits per heavy atom. The van der Waals surface area contributed by atoms with Gasteiger partial charge in [-0.2, -0.15) is 0 Å². The quantitative estimate of drug-likeness (QED) is 0.808. The maximum absolute atomic E-state index is 12.0. The van der Waals surface area contributed by atoms with Gasteiger partial charge in [0.25, 0.3) is 5.91 Å². The average molecular weight is 341 g/mol. The molecular formula is C14H17BrN2O3. The molecule has 1 aromatic rings. The zero-order valence-electron chi connectivity index (χ0n) is 11.4. The van der Waals surface area contributed by atoms with Crippen molar-refractivity contribution in [1.82, 2.24) is 10.6 Å². The van der Waals surface area contributed by atoms with E-state index in [1.807, 2.05) is 13.8 Å². The number of nitrogens with one attached hydrogen (secondary N) is 2. The normalized spacial score (nSPS) is 17.6. The highest BCUT2D eigenvalue weighted by molar-refractivity contribution is 9.10. The number of hydrogen-bond donors (Lipinski definition) is 2. The number of amides is 3. The van der Waals surface area contributed by atoms with Crippen LogP contribution >= 0.6 is 15.9 Å². The fourth-order valence-electron chi connectivity index (χ4n) is 1.71. The molecule has 2 rings (SSSR count). The SMILES string of the molecule is CC.O=C1CCC(NC(=O)c2ccccc2Br)C(=O)N1. The highest BCUT2D eigenvalue weighted by atomic mass is 79.9. The molecule has 1 aliphatic heterocycles. The topological polar surface area (TPSA) is 75.3 Å². The summed E-state index contributed by atoms with van der Waals surface area (Å²) in [4.78, 5) is 34.4. The Morgan fingerprint density at radius 2 is 1.95 bits per heavy atom. The standard InChI is InChI=1S/C12H11BrN2O3.C2H6/c13-8-4-2-1-3-7(8)11(17)14-9-5-6-10(16)15-12(9)18;1-2/h1-4,9H,5-6H2,(H,14,17)(H,15,16,18);1-2H3. The van der Waals surface area contributed by atoms with E-state index in [9.17, 15) is 14.4 Å². The van der Waals surface area contributed by atoms with Crippen molar-refractivity contribution < 1.29 is 14.4 Å². The largest absolute Gasteiger partial charge is 0.340 e. The van der Waals surface area contributed by atoms with Gasteiger partial charge in [-0.05, 0) is 34.5 Å². The number of carbonyl (C=O) groups excluding carboxylic acids is 3. The predicted octanol–water partition coefficient (Wildman–Crippen LogP) is 2.01. The van der Waals surface area contributed by atoms with Crippen LogP contribution < -0.4 is 10.6 Å². The van der Waals surface area contributed by atoms with Gasteiger partial charge in [-0.1, -0.05) is 26.0 Å². The van der Waals surface area contributed by atoms with E-state index in [0.29, 0.717) is 16.5 Å². The van der Waals surface area contributed by atoms with E-state index < -0.39 is 11.9 Å². The third-order valence-electron chi connectivity index (χ3n) is 2.66. The highest BCUT2D eigenvalue weighted by Crippen LogP contribution is 2.16. The van der Waals surface area contributed by atoms with Crippen LogP contribution in [0.2, 0.25) is 0 Å². The lowest BCUT2D eigenvalue weighted by Gasteiger charge is -2.21. The molecule has 1 fully saturated rings. The van der Waals surface area contributed by atoms with Crippen molar-refractivity contribution in [3.05, 3.63) is 34.3 Å². The molecule has 0 bridgehead atoms. The number of piperidine rings is 1. The first kappa shape index (κ1) is 16.4. The molecule has 20 heavy (non-hydrogen) atoms. The summed E-state index contributed by atoms with van der Waals surface area (Å²) in [6.45, 7) is 4.00. The Balaban J connectivity index is 0.000000956. The summed E-state index contributed by atoms with van der Waals surface area (Å²) < 4.78 is 0.662. The zero-order chi connectivity index (χ0) is 15.1. The van der Waals surface area contributed by atoms with Crippen molar-refractivity contribution in [2.75, 3.05) is 0 Å². The Bertz CT molecular complexity index is 517. The van der Waals surface area contributed by atoms with Crippen LogP contribution in [-0.2, 0) is 9.59 Å². The van der Waals surface area contributed by atoms with Crippen LogP contribution in [0.15, 0.2) is 28.7 Å². The van der Waals surface area contributed by atoms with Crippen LogP contribution in [0.3, 0.4) is 0 Å². The first-order chi connectivity index (χ1) is 9.58. The first-order valence-electron chi connectivity index (χ1n) is 6.47. The molecule has 108 valence electrons. The van der Waals surface area contributed by atoms with Crippen molar-refractivity contribution in [2.24, 2.45) is 0 Å². The number of imide groups is 1. The van der Waals surface area contributed by atoms with Crippen LogP contribution in [0.1, 0.15) is 37.0 Å². The summed E-state index contributed by atoms with van der Waals surface area (Å²) in [6.07, 6.45) is 0.577. The second-order valence-electron chi connectivity index (χ2n) is 3.96. The smallest absolute Gasteiger partial charge is 0.253 e. The number of benzene rings is 1. The lowest BCUT2D eigenvalue weighted by molar-refractivity contribution is -0.134. The predicted molar refractivity (Wildman–Crippen MR) is 79.1 cm³/mol. The first-order valence-corrected chi connectivity index (χ1v) is 7.26. The molecule has 1 heterocycles. The molecule has 0 aromatic heterocycles. The van der Waals surface area contributed by atoms with Gasteiger partial charge in [0.05, 0.1) is 5.56 Å². The van der Waals surface area contributed by atoms with Crippen LogP contribution in [0, 0.1) is 0 Å². The molecule has 0 spiro atoms. The fraction of sp³-hybridized carbons (Fsp3) is 0.357. The minimum absolute atomic E-state index is 0.243. The minimum atomic E-state index is -0.651. The molecule has 1 aliphatic rings. The fourth-order valence-corrected chi connectivity index (χ4v) is 2.18. The number of halogens is 1. The van der Waals surface area contributed by atoms with Gasteiger partial charge in [-0.15, -0.1) is 0 Å². The van der Waals surface area contributed by atoms with Gasteiger partial charge in [-0.3, -0.25) is 19.7 Å². The number of carbonyl (C=O) groups is 3.